The van der Waals surface area contributed by atoms with E-state index in [4.69, 9.17) is 10.3 Å². The lowest BCUT2D eigenvalue weighted by atomic mass is 9.77. The first kappa shape index (κ1) is 14.0. The third-order valence-electron chi connectivity index (χ3n) is 4.33. The lowest BCUT2D eigenvalue weighted by Gasteiger charge is -2.34. The van der Waals surface area contributed by atoms with Gasteiger partial charge in [-0.05, 0) is 31.4 Å². The highest BCUT2D eigenvalue weighted by Crippen LogP contribution is 2.36. The van der Waals surface area contributed by atoms with Crippen LogP contribution >= 0.6 is 0 Å². The Hall–Kier alpha value is -2.61. The van der Waals surface area contributed by atoms with Crippen molar-refractivity contribution in [3.63, 3.8) is 0 Å². The van der Waals surface area contributed by atoms with Crippen molar-refractivity contribution in [3.05, 3.63) is 46.3 Å². The molecule has 23 heavy (non-hydrogen) atoms. The summed E-state index contributed by atoms with van der Waals surface area (Å²) in [6.07, 6.45) is 3.25. The molecule has 3 aromatic rings. The minimum Gasteiger partial charge on any atom is -0.339 e. The Bertz CT molecular complexity index is 911. The van der Waals surface area contributed by atoms with Gasteiger partial charge < -0.3 is 10.3 Å². The molecule has 0 spiro atoms. The fraction of sp³-hybridized carbons (Fsp3) is 0.400. The molecule has 2 N–H and O–H groups in total. The fourth-order valence-electron chi connectivity index (χ4n) is 2.71. The number of benzene rings is 1. The van der Waals surface area contributed by atoms with Gasteiger partial charge in [-0.15, -0.1) is 5.10 Å². The highest BCUT2D eigenvalue weighted by molar-refractivity contribution is 5.76. The monoisotopic (exact) mass is 312 g/mol. The van der Waals surface area contributed by atoms with Gasteiger partial charge in [-0.25, -0.2) is 4.68 Å². The lowest BCUT2D eigenvalue weighted by Crippen LogP contribution is -2.44. The molecule has 0 bridgehead atoms. The standard InChI is InChI=1S/C15H16N6O2/c16-15(7-3-8-15)14-17-12(23-19-14)6-9-21-13(22)10-4-1-2-5-11(10)18-20-21/h1-2,4-5H,3,6-9,16H2. The molecule has 0 radical (unpaired) electrons. The number of fused-ring (bicyclic) bond motifs is 1. The average molecular weight is 312 g/mol. The first-order valence-electron chi connectivity index (χ1n) is 7.60. The van der Waals surface area contributed by atoms with E-state index in [1.165, 1.54) is 4.68 Å². The van der Waals surface area contributed by atoms with Crippen molar-refractivity contribution in [2.24, 2.45) is 5.73 Å². The van der Waals surface area contributed by atoms with Crippen LogP contribution in [0.5, 0.6) is 0 Å². The summed E-state index contributed by atoms with van der Waals surface area (Å²) in [6, 6.07) is 7.13. The van der Waals surface area contributed by atoms with Gasteiger partial charge in [0.05, 0.1) is 17.5 Å². The maximum Gasteiger partial charge on any atom is 0.277 e. The molecule has 1 saturated carbocycles. The Labute approximate surface area is 131 Å². The molecule has 1 aromatic carbocycles. The van der Waals surface area contributed by atoms with Gasteiger partial charge in [0.15, 0.2) is 5.82 Å². The molecule has 0 atom stereocenters. The highest BCUT2D eigenvalue weighted by atomic mass is 16.5. The number of aromatic nitrogens is 5. The Kier molecular flexibility index (Phi) is 3.19. The number of nitrogens with zero attached hydrogens (tertiary/aromatic N) is 5. The summed E-state index contributed by atoms with van der Waals surface area (Å²) in [6.45, 7) is 0.329. The lowest BCUT2D eigenvalue weighted by molar-refractivity contribution is 0.228. The minimum atomic E-state index is -0.443. The van der Waals surface area contributed by atoms with Crippen molar-refractivity contribution >= 4 is 10.9 Å². The molecule has 4 rings (SSSR count). The SMILES string of the molecule is NC1(c2noc(CCn3nnc4ccccc4c3=O)n2)CCC1. The summed E-state index contributed by atoms with van der Waals surface area (Å²) in [5.41, 5.74) is 6.14. The van der Waals surface area contributed by atoms with Gasteiger partial charge in [0.25, 0.3) is 5.56 Å². The van der Waals surface area contributed by atoms with E-state index >= 15 is 0 Å². The van der Waals surface area contributed by atoms with Gasteiger partial charge in [-0.2, -0.15) is 4.98 Å². The van der Waals surface area contributed by atoms with E-state index in [9.17, 15) is 4.79 Å². The summed E-state index contributed by atoms with van der Waals surface area (Å²) >= 11 is 0. The second kappa shape index (κ2) is 5.24. The van der Waals surface area contributed by atoms with Crippen LogP contribution in [0.2, 0.25) is 0 Å². The van der Waals surface area contributed by atoms with Crippen molar-refractivity contribution in [2.75, 3.05) is 0 Å². The maximum absolute atomic E-state index is 12.3. The van der Waals surface area contributed by atoms with Crippen molar-refractivity contribution in [1.29, 1.82) is 0 Å². The highest BCUT2D eigenvalue weighted by Gasteiger charge is 2.38. The Balaban J connectivity index is 1.53. The minimum absolute atomic E-state index is 0.176. The molecule has 1 aliphatic carbocycles. The average Bonchev–Trinajstić information content (AvgIpc) is 3.01. The molecule has 0 saturated heterocycles. The zero-order valence-electron chi connectivity index (χ0n) is 12.5. The van der Waals surface area contributed by atoms with E-state index in [0.717, 1.165) is 19.3 Å². The van der Waals surface area contributed by atoms with Gasteiger partial charge in [0, 0.05) is 6.42 Å². The first-order valence-corrected chi connectivity index (χ1v) is 7.60. The van der Waals surface area contributed by atoms with Crippen molar-refractivity contribution in [1.82, 2.24) is 25.1 Å². The second-order valence-electron chi connectivity index (χ2n) is 5.91. The van der Waals surface area contributed by atoms with E-state index in [1.54, 1.807) is 18.2 Å². The van der Waals surface area contributed by atoms with Crippen LogP contribution < -0.4 is 11.3 Å². The van der Waals surface area contributed by atoms with Crippen LogP contribution in [0.3, 0.4) is 0 Å². The Morgan fingerprint density at radius 3 is 2.91 bits per heavy atom. The summed E-state index contributed by atoms with van der Waals surface area (Å²) in [5, 5.41) is 12.5. The molecule has 8 nitrogen and oxygen atoms in total. The summed E-state index contributed by atoms with van der Waals surface area (Å²) in [5.74, 6) is 1.01. The number of hydrogen-bond donors (Lipinski definition) is 1. The number of hydrogen-bond acceptors (Lipinski definition) is 7. The van der Waals surface area contributed by atoms with Crippen LogP contribution in [0.15, 0.2) is 33.6 Å². The molecule has 1 aliphatic rings. The van der Waals surface area contributed by atoms with E-state index in [2.05, 4.69) is 20.5 Å². The Morgan fingerprint density at radius 1 is 1.30 bits per heavy atom. The molecule has 0 aliphatic heterocycles. The second-order valence-corrected chi connectivity index (χ2v) is 5.91. The summed E-state index contributed by atoms with van der Waals surface area (Å²) in [4.78, 5) is 16.7. The van der Waals surface area contributed by atoms with Crippen molar-refractivity contribution in [2.45, 2.75) is 37.8 Å². The molecule has 2 aromatic heterocycles. The van der Waals surface area contributed by atoms with Gasteiger partial charge in [0.1, 0.15) is 5.52 Å². The smallest absolute Gasteiger partial charge is 0.277 e. The van der Waals surface area contributed by atoms with Crippen LogP contribution in [0, 0.1) is 0 Å². The van der Waals surface area contributed by atoms with Crippen LogP contribution in [-0.4, -0.2) is 25.1 Å². The molecule has 2 heterocycles. The van der Waals surface area contributed by atoms with Gasteiger partial charge in [-0.1, -0.05) is 22.5 Å². The van der Waals surface area contributed by atoms with E-state index < -0.39 is 5.54 Å². The number of nitrogens with two attached hydrogens (primary N) is 1. The van der Waals surface area contributed by atoms with Gasteiger partial charge in [0.2, 0.25) is 5.89 Å². The molecule has 118 valence electrons. The Morgan fingerprint density at radius 2 is 2.13 bits per heavy atom. The van der Waals surface area contributed by atoms with Gasteiger partial charge in [-0.3, -0.25) is 4.79 Å². The third-order valence-corrected chi connectivity index (χ3v) is 4.33. The zero-order valence-corrected chi connectivity index (χ0v) is 12.5. The van der Waals surface area contributed by atoms with E-state index in [0.29, 0.717) is 35.6 Å². The maximum atomic E-state index is 12.3. The zero-order chi connectivity index (χ0) is 15.9. The third kappa shape index (κ3) is 2.40. The van der Waals surface area contributed by atoms with Crippen LogP contribution in [-0.2, 0) is 18.5 Å². The van der Waals surface area contributed by atoms with E-state index in [-0.39, 0.29) is 5.56 Å². The number of rotatable bonds is 4. The summed E-state index contributed by atoms with van der Waals surface area (Å²) in [7, 11) is 0. The molecule has 0 unspecified atom stereocenters. The van der Waals surface area contributed by atoms with Crippen LogP contribution in [0.4, 0.5) is 0 Å². The van der Waals surface area contributed by atoms with Crippen LogP contribution in [0.25, 0.3) is 10.9 Å². The molecule has 1 fully saturated rings. The van der Waals surface area contributed by atoms with Crippen LogP contribution in [0.1, 0.15) is 31.0 Å². The molecule has 8 heteroatoms. The molecular formula is C15H16N6O2. The summed E-state index contributed by atoms with van der Waals surface area (Å²) < 4.78 is 6.54. The molecule has 0 amide bonds. The quantitative estimate of drug-likeness (QED) is 0.756. The topological polar surface area (TPSA) is 113 Å². The first-order chi connectivity index (χ1) is 11.2. The molecular weight excluding hydrogens is 296 g/mol. The van der Waals surface area contributed by atoms with E-state index in [1.807, 2.05) is 6.07 Å². The predicted octanol–water partition coefficient (Wildman–Crippen LogP) is 0.755. The van der Waals surface area contributed by atoms with Crippen molar-refractivity contribution in [3.8, 4) is 0 Å². The largest absolute Gasteiger partial charge is 0.339 e. The van der Waals surface area contributed by atoms with Gasteiger partial charge >= 0.3 is 0 Å². The predicted molar refractivity (Wildman–Crippen MR) is 81.5 cm³/mol. The van der Waals surface area contributed by atoms with Crippen molar-refractivity contribution < 1.29 is 4.52 Å². The normalized spacial score (nSPS) is 16.4. The fourth-order valence-corrected chi connectivity index (χ4v) is 2.71. The number of aryl methyl sites for hydroxylation is 2.